The van der Waals surface area contributed by atoms with Crippen LogP contribution in [0.15, 0.2) is 48.7 Å². The molecule has 2 aromatic rings. The molecule has 1 aromatic heterocycles. The van der Waals surface area contributed by atoms with Crippen LogP contribution in [0.2, 0.25) is 0 Å². The zero-order valence-corrected chi connectivity index (χ0v) is 9.27. The minimum atomic E-state index is -0.460. The molecule has 0 spiro atoms. The molecule has 0 N–H and O–H groups in total. The van der Waals surface area contributed by atoms with Gasteiger partial charge in [0.1, 0.15) is 5.82 Å². The van der Waals surface area contributed by atoms with Gasteiger partial charge >= 0.3 is 0 Å². The van der Waals surface area contributed by atoms with Crippen molar-refractivity contribution < 1.29 is 9.18 Å². The van der Waals surface area contributed by atoms with Crippen LogP contribution in [0.25, 0.3) is 0 Å². The lowest BCUT2D eigenvalue weighted by molar-refractivity contribution is 0.0978. The fourth-order valence-corrected chi connectivity index (χ4v) is 1.61. The second-order valence-corrected chi connectivity index (χ2v) is 3.72. The van der Waals surface area contributed by atoms with Gasteiger partial charge in [0.25, 0.3) is 0 Å². The molecule has 0 amide bonds. The third kappa shape index (κ3) is 2.97. The molecule has 1 heterocycles. The highest BCUT2D eigenvalue weighted by Crippen LogP contribution is 2.10. The molecule has 0 atom stereocenters. The minimum absolute atomic E-state index is 0.156. The van der Waals surface area contributed by atoms with E-state index in [0.29, 0.717) is 6.42 Å². The Bertz CT molecular complexity index is 511. The summed E-state index contributed by atoms with van der Waals surface area (Å²) in [6, 6.07) is 11.6. The smallest absolute Gasteiger partial charge is 0.166 e. The second kappa shape index (κ2) is 5.34. The lowest BCUT2D eigenvalue weighted by Gasteiger charge is -2.02. The third-order valence-electron chi connectivity index (χ3n) is 2.51. The molecule has 0 fully saturated rings. The SMILES string of the molecule is O=C(CCc1ccccn1)c1ccccc1F. The average molecular weight is 229 g/mol. The normalized spacial score (nSPS) is 10.2. The highest BCUT2D eigenvalue weighted by Gasteiger charge is 2.10. The van der Waals surface area contributed by atoms with E-state index < -0.39 is 5.82 Å². The summed E-state index contributed by atoms with van der Waals surface area (Å²) >= 11 is 0. The number of carbonyl (C=O) groups excluding carboxylic acids is 1. The Morgan fingerprint density at radius 3 is 2.59 bits per heavy atom. The maximum Gasteiger partial charge on any atom is 0.166 e. The first-order valence-corrected chi connectivity index (χ1v) is 5.45. The Hall–Kier alpha value is -2.03. The topological polar surface area (TPSA) is 30.0 Å². The van der Waals surface area contributed by atoms with Gasteiger partial charge in [0.05, 0.1) is 5.56 Å². The van der Waals surface area contributed by atoms with Gasteiger partial charge in [-0.15, -0.1) is 0 Å². The van der Waals surface area contributed by atoms with Crippen LogP contribution in [0.1, 0.15) is 22.5 Å². The van der Waals surface area contributed by atoms with E-state index in [-0.39, 0.29) is 17.8 Å². The van der Waals surface area contributed by atoms with Gasteiger partial charge in [0.15, 0.2) is 5.78 Å². The van der Waals surface area contributed by atoms with E-state index in [1.807, 2.05) is 18.2 Å². The quantitative estimate of drug-likeness (QED) is 0.754. The van der Waals surface area contributed by atoms with Crippen LogP contribution in [0.5, 0.6) is 0 Å². The summed E-state index contributed by atoms with van der Waals surface area (Å²) in [4.78, 5) is 15.9. The number of halogens is 1. The lowest BCUT2D eigenvalue weighted by Crippen LogP contribution is -2.04. The summed E-state index contributed by atoms with van der Waals surface area (Å²) < 4.78 is 13.3. The first-order chi connectivity index (χ1) is 8.27. The molecule has 0 aliphatic heterocycles. The Kier molecular flexibility index (Phi) is 3.60. The van der Waals surface area contributed by atoms with E-state index >= 15 is 0 Å². The van der Waals surface area contributed by atoms with Crippen LogP contribution in [-0.2, 0) is 6.42 Å². The van der Waals surface area contributed by atoms with Crippen molar-refractivity contribution in [2.45, 2.75) is 12.8 Å². The number of hydrogen-bond donors (Lipinski definition) is 0. The zero-order chi connectivity index (χ0) is 12.1. The third-order valence-corrected chi connectivity index (χ3v) is 2.51. The van der Waals surface area contributed by atoms with Gasteiger partial charge in [0.2, 0.25) is 0 Å². The average Bonchev–Trinajstić information content (AvgIpc) is 2.38. The monoisotopic (exact) mass is 229 g/mol. The van der Waals surface area contributed by atoms with Crippen molar-refractivity contribution in [2.75, 3.05) is 0 Å². The first kappa shape index (κ1) is 11.5. The summed E-state index contributed by atoms with van der Waals surface area (Å²) in [7, 11) is 0. The van der Waals surface area contributed by atoms with E-state index in [1.54, 1.807) is 18.3 Å². The van der Waals surface area contributed by atoms with Crippen LogP contribution in [-0.4, -0.2) is 10.8 Å². The fraction of sp³-hybridized carbons (Fsp3) is 0.143. The van der Waals surface area contributed by atoms with Gasteiger partial charge in [0, 0.05) is 18.3 Å². The van der Waals surface area contributed by atoms with E-state index in [9.17, 15) is 9.18 Å². The molecule has 86 valence electrons. The van der Waals surface area contributed by atoms with Crippen LogP contribution in [0.4, 0.5) is 4.39 Å². The van der Waals surface area contributed by atoms with Crippen molar-refractivity contribution in [1.29, 1.82) is 0 Å². The number of nitrogens with zero attached hydrogens (tertiary/aromatic N) is 1. The van der Waals surface area contributed by atoms with Crippen molar-refractivity contribution in [3.63, 3.8) is 0 Å². The van der Waals surface area contributed by atoms with E-state index in [1.165, 1.54) is 12.1 Å². The Morgan fingerprint density at radius 1 is 1.12 bits per heavy atom. The Balaban J connectivity index is 2.01. The summed E-state index contributed by atoms with van der Waals surface area (Å²) in [6.45, 7) is 0. The number of pyridine rings is 1. The van der Waals surface area contributed by atoms with Crippen molar-refractivity contribution in [3.8, 4) is 0 Å². The molecule has 0 aliphatic carbocycles. The predicted octanol–water partition coefficient (Wildman–Crippen LogP) is 3.04. The molecule has 0 saturated carbocycles. The first-order valence-electron chi connectivity index (χ1n) is 5.45. The summed E-state index contributed by atoms with van der Waals surface area (Å²) in [5.41, 5.74) is 1.00. The van der Waals surface area contributed by atoms with Gasteiger partial charge in [-0.3, -0.25) is 9.78 Å². The molecule has 2 nitrogen and oxygen atoms in total. The van der Waals surface area contributed by atoms with E-state index in [0.717, 1.165) is 5.69 Å². The van der Waals surface area contributed by atoms with Crippen molar-refractivity contribution in [2.24, 2.45) is 0 Å². The Labute approximate surface area is 99.1 Å². The molecule has 0 unspecified atom stereocenters. The van der Waals surface area contributed by atoms with Crippen molar-refractivity contribution in [1.82, 2.24) is 4.98 Å². The van der Waals surface area contributed by atoms with E-state index in [4.69, 9.17) is 0 Å². The van der Waals surface area contributed by atoms with Crippen LogP contribution in [0, 0.1) is 5.82 Å². The summed E-state index contributed by atoms with van der Waals surface area (Å²) in [6.07, 6.45) is 2.49. The molecule has 3 heteroatoms. The maximum absolute atomic E-state index is 13.3. The number of benzene rings is 1. The summed E-state index contributed by atoms with van der Waals surface area (Å²) in [5, 5.41) is 0. The maximum atomic E-state index is 13.3. The highest BCUT2D eigenvalue weighted by molar-refractivity contribution is 5.96. The number of ketones is 1. The standard InChI is InChI=1S/C14H12FNO/c15-13-7-2-1-6-12(13)14(17)9-8-11-5-3-4-10-16-11/h1-7,10H,8-9H2. The molecule has 0 radical (unpaired) electrons. The zero-order valence-electron chi connectivity index (χ0n) is 9.27. The molecule has 17 heavy (non-hydrogen) atoms. The van der Waals surface area contributed by atoms with Crippen LogP contribution < -0.4 is 0 Å². The second-order valence-electron chi connectivity index (χ2n) is 3.72. The molecule has 1 aromatic carbocycles. The van der Waals surface area contributed by atoms with Gasteiger partial charge in [-0.1, -0.05) is 18.2 Å². The number of hydrogen-bond acceptors (Lipinski definition) is 2. The molecule has 2 rings (SSSR count). The lowest BCUT2D eigenvalue weighted by atomic mass is 10.0. The molecule has 0 aliphatic rings. The largest absolute Gasteiger partial charge is 0.294 e. The highest BCUT2D eigenvalue weighted by atomic mass is 19.1. The number of Topliss-reactive ketones (excluding diaryl/α,β-unsaturated/α-hetero) is 1. The van der Waals surface area contributed by atoms with Gasteiger partial charge in [-0.2, -0.15) is 0 Å². The Morgan fingerprint density at radius 2 is 1.88 bits per heavy atom. The van der Waals surface area contributed by atoms with Crippen LogP contribution in [0.3, 0.4) is 0 Å². The number of aryl methyl sites for hydroxylation is 1. The van der Waals surface area contributed by atoms with Gasteiger partial charge < -0.3 is 0 Å². The summed E-state index contributed by atoms with van der Waals surface area (Å²) in [5.74, 6) is -0.646. The molecular weight excluding hydrogens is 217 g/mol. The minimum Gasteiger partial charge on any atom is -0.294 e. The van der Waals surface area contributed by atoms with Crippen LogP contribution >= 0.6 is 0 Å². The van der Waals surface area contributed by atoms with Crippen molar-refractivity contribution in [3.05, 3.63) is 65.7 Å². The van der Waals surface area contributed by atoms with Gasteiger partial charge in [-0.05, 0) is 30.7 Å². The number of aromatic nitrogens is 1. The predicted molar refractivity (Wildman–Crippen MR) is 63.3 cm³/mol. The van der Waals surface area contributed by atoms with Crippen molar-refractivity contribution >= 4 is 5.78 Å². The number of carbonyl (C=O) groups is 1. The molecule has 0 bridgehead atoms. The van der Waals surface area contributed by atoms with Gasteiger partial charge in [-0.25, -0.2) is 4.39 Å². The molecular formula is C14H12FNO. The van der Waals surface area contributed by atoms with E-state index in [2.05, 4.69) is 4.98 Å². The molecule has 0 saturated heterocycles. The fourth-order valence-electron chi connectivity index (χ4n) is 1.61. The number of rotatable bonds is 4.